The lowest BCUT2D eigenvalue weighted by atomic mass is 9.69. The van der Waals surface area contributed by atoms with Crippen molar-refractivity contribution in [3.8, 4) is 0 Å². The standard InChI is InChI=1S/C16H30ClNO/c1-5-14(10-11-17)18-15(19)12-6-8-13(9-7-12)16(2,3)4/h12-14H,5-11H2,1-4H3,(H,18,19). The summed E-state index contributed by atoms with van der Waals surface area (Å²) in [5.41, 5.74) is 0.381. The van der Waals surface area contributed by atoms with Crippen LogP contribution in [0.3, 0.4) is 0 Å². The summed E-state index contributed by atoms with van der Waals surface area (Å²) in [4.78, 5) is 12.2. The maximum atomic E-state index is 12.2. The predicted molar refractivity (Wildman–Crippen MR) is 82.5 cm³/mol. The summed E-state index contributed by atoms with van der Waals surface area (Å²) in [5, 5.41) is 3.17. The van der Waals surface area contributed by atoms with Crippen molar-refractivity contribution in [3.63, 3.8) is 0 Å². The highest BCUT2D eigenvalue weighted by Gasteiger charge is 2.32. The summed E-state index contributed by atoms with van der Waals surface area (Å²) in [6.07, 6.45) is 6.31. The Balaban J connectivity index is 2.40. The van der Waals surface area contributed by atoms with Crippen LogP contribution in [0.15, 0.2) is 0 Å². The van der Waals surface area contributed by atoms with E-state index >= 15 is 0 Å². The highest BCUT2D eigenvalue weighted by molar-refractivity contribution is 6.17. The zero-order valence-corrected chi connectivity index (χ0v) is 13.7. The second-order valence-corrected chi connectivity index (χ2v) is 7.38. The van der Waals surface area contributed by atoms with Gasteiger partial charge in [-0.15, -0.1) is 11.6 Å². The molecule has 3 heteroatoms. The summed E-state index contributed by atoms with van der Waals surface area (Å²) in [7, 11) is 0. The van der Waals surface area contributed by atoms with Crippen LogP contribution in [-0.4, -0.2) is 17.8 Å². The zero-order chi connectivity index (χ0) is 14.5. The molecular formula is C16H30ClNO. The van der Waals surface area contributed by atoms with Gasteiger partial charge in [0.1, 0.15) is 0 Å². The molecule has 1 amide bonds. The van der Waals surface area contributed by atoms with Crippen LogP contribution in [0.5, 0.6) is 0 Å². The summed E-state index contributed by atoms with van der Waals surface area (Å²) < 4.78 is 0. The van der Waals surface area contributed by atoms with Gasteiger partial charge in [-0.2, -0.15) is 0 Å². The Morgan fingerprint density at radius 2 is 1.84 bits per heavy atom. The minimum Gasteiger partial charge on any atom is -0.353 e. The van der Waals surface area contributed by atoms with Gasteiger partial charge in [-0.1, -0.05) is 27.7 Å². The first-order chi connectivity index (χ1) is 8.88. The third-order valence-electron chi connectivity index (χ3n) is 4.62. The molecule has 0 heterocycles. The Kier molecular flexibility index (Phi) is 6.65. The Bertz CT molecular complexity index is 277. The fourth-order valence-electron chi connectivity index (χ4n) is 3.05. The zero-order valence-electron chi connectivity index (χ0n) is 13.0. The molecule has 0 saturated heterocycles. The number of carbonyl (C=O) groups excluding carboxylic acids is 1. The SMILES string of the molecule is CCC(CCCl)NC(=O)C1CCC(C(C)(C)C)CC1. The fraction of sp³-hybridized carbons (Fsp3) is 0.938. The first kappa shape index (κ1) is 16.8. The van der Waals surface area contributed by atoms with E-state index in [1.54, 1.807) is 0 Å². The average molecular weight is 288 g/mol. The van der Waals surface area contributed by atoms with E-state index in [-0.39, 0.29) is 17.9 Å². The first-order valence-electron chi connectivity index (χ1n) is 7.74. The maximum absolute atomic E-state index is 12.2. The molecule has 0 bridgehead atoms. The first-order valence-corrected chi connectivity index (χ1v) is 8.28. The van der Waals surface area contributed by atoms with Crippen molar-refractivity contribution in [2.24, 2.45) is 17.3 Å². The van der Waals surface area contributed by atoms with E-state index in [0.717, 1.165) is 31.6 Å². The van der Waals surface area contributed by atoms with E-state index in [4.69, 9.17) is 11.6 Å². The molecule has 0 aromatic carbocycles. The van der Waals surface area contributed by atoms with Crippen LogP contribution >= 0.6 is 11.6 Å². The Hall–Kier alpha value is -0.240. The van der Waals surface area contributed by atoms with E-state index in [0.29, 0.717) is 11.3 Å². The van der Waals surface area contributed by atoms with Crippen LogP contribution in [0.2, 0.25) is 0 Å². The largest absolute Gasteiger partial charge is 0.353 e. The van der Waals surface area contributed by atoms with Crippen LogP contribution in [0, 0.1) is 17.3 Å². The van der Waals surface area contributed by atoms with Gasteiger partial charge in [-0.25, -0.2) is 0 Å². The number of hydrogen-bond acceptors (Lipinski definition) is 1. The van der Waals surface area contributed by atoms with E-state index in [1.807, 2.05) is 0 Å². The third kappa shape index (κ3) is 5.33. The molecule has 1 N–H and O–H groups in total. The molecule has 1 unspecified atom stereocenters. The van der Waals surface area contributed by atoms with Crippen molar-refractivity contribution in [2.45, 2.75) is 72.3 Å². The normalized spacial score (nSPS) is 25.9. The van der Waals surface area contributed by atoms with Gasteiger partial charge in [-0.3, -0.25) is 4.79 Å². The predicted octanol–water partition coefficient (Wildman–Crippen LogP) is 4.36. The number of carbonyl (C=O) groups is 1. The number of halogens is 1. The summed E-state index contributed by atoms with van der Waals surface area (Å²) in [5.74, 6) is 1.86. The van der Waals surface area contributed by atoms with E-state index in [9.17, 15) is 4.79 Å². The van der Waals surface area contributed by atoms with Gasteiger partial charge in [0.2, 0.25) is 5.91 Å². The Morgan fingerprint density at radius 1 is 1.26 bits per heavy atom. The smallest absolute Gasteiger partial charge is 0.223 e. The molecule has 0 radical (unpaired) electrons. The fourth-order valence-corrected chi connectivity index (χ4v) is 3.31. The molecule has 1 rings (SSSR count). The van der Waals surface area contributed by atoms with Crippen LogP contribution in [-0.2, 0) is 4.79 Å². The van der Waals surface area contributed by atoms with Gasteiger partial charge in [-0.05, 0) is 49.9 Å². The van der Waals surface area contributed by atoms with Crippen molar-refractivity contribution in [1.29, 1.82) is 0 Å². The second-order valence-electron chi connectivity index (χ2n) is 7.01. The second kappa shape index (κ2) is 7.52. The number of hydrogen-bond donors (Lipinski definition) is 1. The lowest BCUT2D eigenvalue weighted by Crippen LogP contribution is -2.40. The van der Waals surface area contributed by atoms with Gasteiger partial charge in [0.25, 0.3) is 0 Å². The van der Waals surface area contributed by atoms with Crippen LogP contribution in [0.1, 0.15) is 66.2 Å². The van der Waals surface area contributed by atoms with Crippen molar-refractivity contribution >= 4 is 17.5 Å². The quantitative estimate of drug-likeness (QED) is 0.748. The number of alkyl halides is 1. The molecule has 1 saturated carbocycles. The molecule has 1 aliphatic carbocycles. The highest BCUT2D eigenvalue weighted by atomic mass is 35.5. The van der Waals surface area contributed by atoms with Gasteiger partial charge in [0, 0.05) is 17.8 Å². The molecule has 0 aliphatic heterocycles. The maximum Gasteiger partial charge on any atom is 0.223 e. The van der Waals surface area contributed by atoms with Gasteiger partial charge in [0.05, 0.1) is 0 Å². The molecule has 112 valence electrons. The topological polar surface area (TPSA) is 29.1 Å². The van der Waals surface area contributed by atoms with E-state index in [1.165, 1.54) is 12.8 Å². The van der Waals surface area contributed by atoms with Gasteiger partial charge < -0.3 is 5.32 Å². The van der Waals surface area contributed by atoms with Gasteiger partial charge >= 0.3 is 0 Å². The molecule has 1 fully saturated rings. The number of amides is 1. The Labute approximate surface area is 123 Å². The molecule has 2 nitrogen and oxygen atoms in total. The highest BCUT2D eigenvalue weighted by Crippen LogP contribution is 2.39. The summed E-state index contributed by atoms with van der Waals surface area (Å²) in [6, 6.07) is 0.255. The summed E-state index contributed by atoms with van der Waals surface area (Å²) >= 11 is 5.76. The van der Waals surface area contributed by atoms with Crippen LogP contribution in [0.25, 0.3) is 0 Å². The van der Waals surface area contributed by atoms with E-state index < -0.39 is 0 Å². The molecule has 1 aliphatic rings. The van der Waals surface area contributed by atoms with Crippen molar-refractivity contribution in [3.05, 3.63) is 0 Å². The van der Waals surface area contributed by atoms with Crippen LogP contribution < -0.4 is 5.32 Å². The molecule has 0 aromatic heterocycles. The summed E-state index contributed by atoms with van der Waals surface area (Å²) in [6.45, 7) is 9.04. The Morgan fingerprint density at radius 3 is 2.26 bits per heavy atom. The van der Waals surface area contributed by atoms with Crippen molar-refractivity contribution < 1.29 is 4.79 Å². The molecule has 0 aromatic rings. The van der Waals surface area contributed by atoms with Crippen molar-refractivity contribution in [2.75, 3.05) is 5.88 Å². The average Bonchev–Trinajstić information content (AvgIpc) is 2.37. The minimum absolute atomic E-state index is 0.225. The van der Waals surface area contributed by atoms with Crippen molar-refractivity contribution in [1.82, 2.24) is 5.32 Å². The van der Waals surface area contributed by atoms with E-state index in [2.05, 4.69) is 33.0 Å². The third-order valence-corrected chi connectivity index (χ3v) is 4.84. The number of nitrogens with one attached hydrogen (secondary N) is 1. The molecule has 19 heavy (non-hydrogen) atoms. The minimum atomic E-state index is 0.225. The lowest BCUT2D eigenvalue weighted by Gasteiger charge is -2.36. The van der Waals surface area contributed by atoms with Gasteiger partial charge in [0.15, 0.2) is 0 Å². The number of rotatable bonds is 5. The molecule has 0 spiro atoms. The molecule has 1 atom stereocenters. The van der Waals surface area contributed by atoms with Crippen LogP contribution in [0.4, 0.5) is 0 Å². The molecular weight excluding hydrogens is 258 g/mol. The monoisotopic (exact) mass is 287 g/mol. The lowest BCUT2D eigenvalue weighted by molar-refractivity contribution is -0.127.